The van der Waals surface area contributed by atoms with Crippen LogP contribution in [0.25, 0.3) is 11.6 Å². The van der Waals surface area contributed by atoms with Gasteiger partial charge in [-0.2, -0.15) is 0 Å². The fraction of sp³-hybridized carbons (Fsp3) is 0.269. The molecule has 0 aliphatic carbocycles. The topological polar surface area (TPSA) is 73.4 Å². The summed E-state index contributed by atoms with van der Waals surface area (Å²) in [6, 6.07) is 21.9. The molecule has 7 nitrogen and oxygen atoms in total. The van der Waals surface area contributed by atoms with Crippen molar-refractivity contribution in [3.63, 3.8) is 0 Å². The number of likely N-dealkylation sites (tertiary alicyclic amines) is 1. The van der Waals surface area contributed by atoms with Gasteiger partial charge in [0.2, 0.25) is 11.7 Å². The van der Waals surface area contributed by atoms with Gasteiger partial charge in [0.05, 0.1) is 31.7 Å². The molecular formula is C26H26N4O3S. The highest BCUT2D eigenvalue weighted by atomic mass is 32.2. The first-order chi connectivity index (χ1) is 16.7. The Morgan fingerprint density at radius 1 is 1.12 bits per heavy atom. The Labute approximate surface area is 202 Å². The van der Waals surface area contributed by atoms with Gasteiger partial charge >= 0.3 is 0 Å². The molecule has 8 heteroatoms. The molecule has 4 aromatic rings. The molecule has 1 saturated heterocycles. The first-order valence-electron chi connectivity index (χ1n) is 11.3. The molecule has 34 heavy (non-hydrogen) atoms. The van der Waals surface area contributed by atoms with Gasteiger partial charge < -0.3 is 14.1 Å². The van der Waals surface area contributed by atoms with E-state index < -0.39 is 0 Å². The van der Waals surface area contributed by atoms with Crippen LogP contribution < -0.4 is 4.74 Å². The van der Waals surface area contributed by atoms with Crippen molar-refractivity contribution in [3.05, 3.63) is 84.1 Å². The second-order valence-electron chi connectivity index (χ2n) is 8.17. The van der Waals surface area contributed by atoms with Crippen molar-refractivity contribution in [1.82, 2.24) is 19.7 Å². The summed E-state index contributed by atoms with van der Waals surface area (Å²) in [5.74, 6) is 2.51. The van der Waals surface area contributed by atoms with Crippen molar-refractivity contribution in [2.75, 3.05) is 19.4 Å². The zero-order valence-electron chi connectivity index (χ0n) is 19.0. The second kappa shape index (κ2) is 10.2. The van der Waals surface area contributed by atoms with Gasteiger partial charge in [0.25, 0.3) is 0 Å². The number of carbonyl (C=O) groups excluding carboxylic acids is 1. The summed E-state index contributed by atoms with van der Waals surface area (Å²) in [4.78, 5) is 15.2. The van der Waals surface area contributed by atoms with Crippen LogP contribution in [-0.4, -0.2) is 45.0 Å². The Morgan fingerprint density at radius 2 is 2.00 bits per heavy atom. The Morgan fingerprint density at radius 3 is 2.79 bits per heavy atom. The summed E-state index contributed by atoms with van der Waals surface area (Å²) in [6.07, 6.45) is 3.57. The number of amides is 1. The lowest BCUT2D eigenvalue weighted by Gasteiger charge is -2.25. The highest BCUT2D eigenvalue weighted by molar-refractivity contribution is 7.99. The highest BCUT2D eigenvalue weighted by Gasteiger charge is 2.30. The van der Waals surface area contributed by atoms with Crippen LogP contribution >= 0.6 is 11.8 Å². The molecule has 1 amide bonds. The SMILES string of the molecule is COc1cccc(C2CCCN2C(=O)CSc2nnc(-c3ccco3)n2Cc2ccccc2)c1. The quantitative estimate of drug-likeness (QED) is 0.333. The zero-order valence-corrected chi connectivity index (χ0v) is 19.8. The molecule has 2 aromatic carbocycles. The maximum Gasteiger partial charge on any atom is 0.233 e. The predicted octanol–water partition coefficient (Wildman–Crippen LogP) is 5.05. The van der Waals surface area contributed by atoms with E-state index >= 15 is 0 Å². The van der Waals surface area contributed by atoms with Crippen molar-refractivity contribution < 1.29 is 13.9 Å². The standard InChI is InChI=1S/C26H26N4O3S/c1-32-21-11-5-10-20(16-21)22-12-6-14-29(22)24(31)18-34-26-28-27-25(23-13-7-15-33-23)30(26)17-19-8-3-2-4-9-19/h2-5,7-11,13,15-16,22H,6,12,14,17-18H2,1H3. The minimum atomic E-state index is 0.0732. The molecule has 1 unspecified atom stereocenters. The number of hydrogen-bond acceptors (Lipinski definition) is 6. The first kappa shape index (κ1) is 22.3. The first-order valence-corrected chi connectivity index (χ1v) is 12.3. The van der Waals surface area contributed by atoms with Crippen molar-refractivity contribution >= 4 is 17.7 Å². The summed E-state index contributed by atoms with van der Waals surface area (Å²) >= 11 is 1.42. The van der Waals surface area contributed by atoms with Crippen LogP contribution in [0.3, 0.4) is 0 Å². The van der Waals surface area contributed by atoms with E-state index in [4.69, 9.17) is 9.15 Å². The van der Waals surface area contributed by atoms with Gasteiger partial charge in [-0.25, -0.2) is 0 Å². The van der Waals surface area contributed by atoms with Gasteiger partial charge in [-0.3, -0.25) is 9.36 Å². The summed E-state index contributed by atoms with van der Waals surface area (Å²) in [5.41, 5.74) is 2.24. The minimum absolute atomic E-state index is 0.0732. The van der Waals surface area contributed by atoms with Crippen LogP contribution in [0.2, 0.25) is 0 Å². The summed E-state index contributed by atoms with van der Waals surface area (Å²) in [6.45, 7) is 1.35. The van der Waals surface area contributed by atoms with Crippen LogP contribution in [0.15, 0.2) is 82.6 Å². The van der Waals surface area contributed by atoms with E-state index in [1.807, 2.05) is 58.0 Å². The van der Waals surface area contributed by atoms with Crippen molar-refractivity contribution in [3.8, 4) is 17.3 Å². The molecule has 0 spiro atoms. The summed E-state index contributed by atoms with van der Waals surface area (Å²) in [5, 5.41) is 9.46. The third-order valence-electron chi connectivity index (χ3n) is 6.02. The Bertz CT molecular complexity index is 1240. The van der Waals surface area contributed by atoms with Gasteiger partial charge in [0, 0.05) is 6.54 Å². The van der Waals surface area contributed by atoms with Crippen molar-refractivity contribution in [2.24, 2.45) is 0 Å². The zero-order chi connectivity index (χ0) is 23.3. The average molecular weight is 475 g/mol. The number of ether oxygens (including phenoxy) is 1. The molecule has 174 valence electrons. The molecule has 0 radical (unpaired) electrons. The normalized spacial score (nSPS) is 15.6. The van der Waals surface area contributed by atoms with E-state index in [9.17, 15) is 4.79 Å². The number of benzene rings is 2. The van der Waals surface area contributed by atoms with E-state index in [0.29, 0.717) is 29.0 Å². The summed E-state index contributed by atoms with van der Waals surface area (Å²) in [7, 11) is 1.66. The van der Waals surface area contributed by atoms with E-state index in [0.717, 1.165) is 36.3 Å². The van der Waals surface area contributed by atoms with E-state index in [-0.39, 0.29) is 11.9 Å². The molecule has 5 rings (SSSR count). The maximum atomic E-state index is 13.3. The predicted molar refractivity (Wildman–Crippen MR) is 131 cm³/mol. The Balaban J connectivity index is 1.34. The Hall–Kier alpha value is -3.52. The number of furan rings is 1. The number of hydrogen-bond donors (Lipinski definition) is 0. The molecule has 3 heterocycles. The highest BCUT2D eigenvalue weighted by Crippen LogP contribution is 2.34. The monoisotopic (exact) mass is 474 g/mol. The fourth-order valence-corrected chi connectivity index (χ4v) is 5.19. The van der Waals surface area contributed by atoms with Crippen LogP contribution in [0.1, 0.15) is 30.0 Å². The number of methoxy groups -OCH3 is 1. The lowest BCUT2D eigenvalue weighted by molar-refractivity contribution is -0.129. The minimum Gasteiger partial charge on any atom is -0.497 e. The summed E-state index contributed by atoms with van der Waals surface area (Å²) < 4.78 is 13.0. The van der Waals surface area contributed by atoms with Crippen LogP contribution in [0.4, 0.5) is 0 Å². The van der Waals surface area contributed by atoms with E-state index in [1.54, 1.807) is 13.4 Å². The average Bonchev–Trinajstić information content (AvgIpc) is 3.64. The van der Waals surface area contributed by atoms with Gasteiger partial charge in [-0.05, 0) is 48.2 Å². The number of thioether (sulfide) groups is 1. The third-order valence-corrected chi connectivity index (χ3v) is 6.97. The molecule has 2 aromatic heterocycles. The smallest absolute Gasteiger partial charge is 0.233 e. The number of rotatable bonds is 8. The molecule has 1 atom stereocenters. The number of aromatic nitrogens is 3. The van der Waals surface area contributed by atoms with Crippen LogP contribution in [0, 0.1) is 0 Å². The van der Waals surface area contributed by atoms with Crippen LogP contribution in [-0.2, 0) is 11.3 Å². The van der Waals surface area contributed by atoms with E-state index in [1.165, 1.54) is 11.8 Å². The Kier molecular flexibility index (Phi) is 6.67. The lowest BCUT2D eigenvalue weighted by atomic mass is 10.0. The number of nitrogens with zero attached hydrogens (tertiary/aromatic N) is 4. The second-order valence-corrected chi connectivity index (χ2v) is 9.11. The maximum absolute atomic E-state index is 13.3. The molecule has 0 saturated carbocycles. The van der Waals surface area contributed by atoms with Crippen molar-refractivity contribution in [1.29, 1.82) is 0 Å². The van der Waals surface area contributed by atoms with Gasteiger partial charge in [-0.15, -0.1) is 10.2 Å². The van der Waals surface area contributed by atoms with Gasteiger partial charge in [0.1, 0.15) is 5.75 Å². The molecule has 0 N–H and O–H groups in total. The van der Waals surface area contributed by atoms with E-state index in [2.05, 4.69) is 28.4 Å². The van der Waals surface area contributed by atoms with Gasteiger partial charge in [-0.1, -0.05) is 54.2 Å². The van der Waals surface area contributed by atoms with Gasteiger partial charge in [0.15, 0.2) is 10.9 Å². The van der Waals surface area contributed by atoms with Crippen molar-refractivity contribution in [2.45, 2.75) is 30.6 Å². The molecule has 1 aliphatic heterocycles. The molecule has 1 fully saturated rings. The van der Waals surface area contributed by atoms with Crippen LogP contribution in [0.5, 0.6) is 5.75 Å². The molecule has 0 bridgehead atoms. The number of carbonyl (C=O) groups is 1. The molecular weight excluding hydrogens is 448 g/mol. The lowest BCUT2D eigenvalue weighted by Crippen LogP contribution is -2.32. The molecule has 1 aliphatic rings. The third kappa shape index (κ3) is 4.72. The largest absolute Gasteiger partial charge is 0.497 e. The fourth-order valence-electron chi connectivity index (χ4n) is 4.36.